The summed E-state index contributed by atoms with van der Waals surface area (Å²) in [6, 6.07) is 12.1. The van der Waals surface area contributed by atoms with Gasteiger partial charge >= 0.3 is 6.16 Å². The topological polar surface area (TPSA) is 157 Å². The van der Waals surface area contributed by atoms with Gasteiger partial charge < -0.3 is 33.6 Å². The van der Waals surface area contributed by atoms with Crippen molar-refractivity contribution in [2.45, 2.75) is 49.4 Å². The molecular weight excluding hydrogens is 624 g/mol. The first-order chi connectivity index (χ1) is 21.6. The van der Waals surface area contributed by atoms with E-state index >= 15 is 0 Å². The Morgan fingerprint density at radius 3 is 2.58 bits per heavy atom. The van der Waals surface area contributed by atoms with Crippen molar-refractivity contribution < 1.29 is 43.2 Å². The number of aliphatic hydroxyl groups excluding tert-OH is 1. The largest absolute Gasteiger partial charge is 0.513 e. The first kappa shape index (κ1) is 33.4. The van der Waals surface area contributed by atoms with Crippen LogP contribution in [0.3, 0.4) is 0 Å². The molecule has 2 aromatic carbocycles. The Morgan fingerprint density at radius 2 is 1.89 bits per heavy atom. The number of carboxylic acid groups (broad SMARTS) is 1. The average Bonchev–Trinajstić information content (AvgIpc) is 3.42. The molecule has 0 radical (unpaired) electrons. The SMILES string of the molecule is CCCc1c(OCC/C=C\C=C\[C@H](Sc2ccc3c(=O)cc(OC(=O)O)oc3c2)[C@H](O)c2ccc(Cl)o2)ccc(C(C)=O)c1O. The summed E-state index contributed by atoms with van der Waals surface area (Å²) in [5, 5.41) is 30.3. The summed E-state index contributed by atoms with van der Waals surface area (Å²) >= 11 is 7.18. The van der Waals surface area contributed by atoms with Crippen molar-refractivity contribution in [3.8, 4) is 17.4 Å². The van der Waals surface area contributed by atoms with Gasteiger partial charge in [-0.25, -0.2) is 4.79 Å². The van der Waals surface area contributed by atoms with Gasteiger partial charge in [0.05, 0.1) is 28.9 Å². The van der Waals surface area contributed by atoms with Crippen LogP contribution in [0.4, 0.5) is 4.79 Å². The standard InChI is InChI=1S/C33H31ClO10S/c1-3-8-23-25(13-12-21(19(2)35)31(23)37)41-16-7-5-4-6-9-28(32(38)26-14-15-29(34)42-26)45-20-10-11-22-24(36)18-30(44-33(39)40)43-27(22)17-20/h4-6,9-15,17-18,28,32,37-38H,3,7-8,16H2,1-2H3,(H,39,40)/b5-4-,9-6+/t28-,32+/m0/s1. The Labute approximate surface area is 267 Å². The van der Waals surface area contributed by atoms with E-state index < -0.39 is 28.9 Å². The highest BCUT2D eigenvalue weighted by molar-refractivity contribution is 8.00. The second-order valence-electron chi connectivity index (χ2n) is 9.82. The Bertz CT molecular complexity index is 1790. The molecule has 4 aromatic rings. The zero-order valence-electron chi connectivity index (χ0n) is 24.4. The highest BCUT2D eigenvalue weighted by Gasteiger charge is 2.23. The van der Waals surface area contributed by atoms with Crippen molar-refractivity contribution in [1.29, 1.82) is 0 Å². The van der Waals surface area contributed by atoms with Crippen LogP contribution >= 0.6 is 23.4 Å². The predicted octanol–water partition coefficient (Wildman–Crippen LogP) is 7.73. The molecule has 45 heavy (non-hydrogen) atoms. The first-order valence-electron chi connectivity index (χ1n) is 14.0. The number of Topliss-reactive ketones (excluding diaryl/α,β-unsaturated/α-hetero) is 1. The van der Waals surface area contributed by atoms with Gasteiger partial charge in [0.15, 0.2) is 16.4 Å². The lowest BCUT2D eigenvalue weighted by molar-refractivity contribution is 0.101. The van der Waals surface area contributed by atoms with E-state index in [0.717, 1.165) is 12.5 Å². The van der Waals surface area contributed by atoms with Gasteiger partial charge in [0, 0.05) is 10.5 Å². The van der Waals surface area contributed by atoms with Crippen molar-refractivity contribution in [3.05, 3.63) is 105 Å². The summed E-state index contributed by atoms with van der Waals surface area (Å²) in [6.07, 6.45) is 6.40. The van der Waals surface area contributed by atoms with Crippen molar-refractivity contribution in [2.24, 2.45) is 0 Å². The summed E-state index contributed by atoms with van der Waals surface area (Å²) in [7, 11) is 0. The number of halogens is 1. The van der Waals surface area contributed by atoms with E-state index in [-0.39, 0.29) is 39.0 Å². The number of aromatic hydroxyl groups is 1. The zero-order valence-corrected chi connectivity index (χ0v) is 26.0. The number of carbonyl (C=O) groups is 2. The normalized spacial score (nSPS) is 13.0. The molecule has 0 saturated heterocycles. The number of carbonyl (C=O) groups excluding carboxylic acids is 1. The molecule has 0 aliphatic carbocycles. The lowest BCUT2D eigenvalue weighted by Crippen LogP contribution is -2.12. The molecule has 2 atom stereocenters. The first-order valence-corrected chi connectivity index (χ1v) is 15.2. The quantitative estimate of drug-likeness (QED) is 0.0402. The number of ether oxygens (including phenoxy) is 2. The fraction of sp³-hybridized carbons (Fsp3) is 0.242. The zero-order chi connectivity index (χ0) is 32.5. The maximum Gasteiger partial charge on any atom is 0.513 e. The molecule has 236 valence electrons. The molecule has 0 aliphatic heterocycles. The highest BCUT2D eigenvalue weighted by Crippen LogP contribution is 2.36. The highest BCUT2D eigenvalue weighted by atomic mass is 35.5. The lowest BCUT2D eigenvalue weighted by atomic mass is 10.0. The fourth-order valence-corrected chi connectivity index (χ4v) is 5.67. The molecule has 0 fully saturated rings. The van der Waals surface area contributed by atoms with Gasteiger partial charge in [-0.3, -0.25) is 9.59 Å². The molecule has 3 N–H and O–H groups in total. The van der Waals surface area contributed by atoms with Crippen LogP contribution in [0.25, 0.3) is 11.0 Å². The van der Waals surface area contributed by atoms with E-state index in [4.69, 9.17) is 30.3 Å². The van der Waals surface area contributed by atoms with Gasteiger partial charge in [-0.1, -0.05) is 37.6 Å². The maximum atomic E-state index is 12.4. The third-order valence-corrected chi connectivity index (χ3v) is 7.96. The third kappa shape index (κ3) is 8.81. The molecule has 10 nitrogen and oxygen atoms in total. The molecule has 0 aliphatic rings. The van der Waals surface area contributed by atoms with Crippen LogP contribution in [0.2, 0.25) is 5.22 Å². The number of fused-ring (bicyclic) bond motifs is 1. The number of aliphatic hydroxyl groups is 1. The second kappa shape index (κ2) is 15.5. The summed E-state index contributed by atoms with van der Waals surface area (Å²) < 4.78 is 21.3. The predicted molar refractivity (Wildman–Crippen MR) is 170 cm³/mol. The monoisotopic (exact) mass is 654 g/mol. The molecule has 2 aromatic heterocycles. The third-order valence-electron chi connectivity index (χ3n) is 6.54. The number of rotatable bonds is 14. The maximum absolute atomic E-state index is 12.4. The second-order valence-corrected chi connectivity index (χ2v) is 11.4. The minimum Gasteiger partial charge on any atom is -0.507 e. The number of furan rings is 1. The van der Waals surface area contributed by atoms with Crippen molar-refractivity contribution in [1.82, 2.24) is 0 Å². The smallest absolute Gasteiger partial charge is 0.507 e. The minimum atomic E-state index is -1.61. The molecule has 0 bridgehead atoms. The molecule has 0 amide bonds. The van der Waals surface area contributed by atoms with Crippen LogP contribution in [-0.2, 0) is 6.42 Å². The van der Waals surface area contributed by atoms with Gasteiger partial charge in [0.25, 0.3) is 5.95 Å². The molecule has 0 saturated carbocycles. The summed E-state index contributed by atoms with van der Waals surface area (Å²) in [5.74, 6) is 0.0839. The van der Waals surface area contributed by atoms with Gasteiger partial charge in [-0.15, -0.1) is 11.8 Å². The van der Waals surface area contributed by atoms with E-state index in [1.165, 1.54) is 24.8 Å². The minimum absolute atomic E-state index is 0.0390. The van der Waals surface area contributed by atoms with Crippen LogP contribution in [0.1, 0.15) is 54.5 Å². The van der Waals surface area contributed by atoms with Crippen molar-refractivity contribution in [2.75, 3.05) is 6.61 Å². The van der Waals surface area contributed by atoms with E-state index in [1.807, 2.05) is 13.0 Å². The Balaban J connectivity index is 1.47. The molecule has 0 unspecified atom stereocenters. The number of phenols is 1. The molecule has 4 rings (SSSR count). The Kier molecular flexibility index (Phi) is 11.5. The number of phenolic OH excluding ortho intramolecular Hbond substituents is 1. The number of hydrogen-bond acceptors (Lipinski definition) is 10. The van der Waals surface area contributed by atoms with E-state index in [1.54, 1.807) is 54.6 Å². The van der Waals surface area contributed by atoms with E-state index in [2.05, 4.69) is 4.74 Å². The fourth-order valence-electron chi connectivity index (χ4n) is 4.45. The molecule has 2 heterocycles. The van der Waals surface area contributed by atoms with E-state index in [0.29, 0.717) is 35.7 Å². The van der Waals surface area contributed by atoms with Crippen LogP contribution in [0.15, 0.2) is 91.4 Å². The molecule has 0 spiro atoms. The number of ketones is 1. The van der Waals surface area contributed by atoms with Gasteiger partial charge in [0.2, 0.25) is 0 Å². The molecule has 12 heteroatoms. The Hall–Kier alpha value is -4.45. The number of hydrogen-bond donors (Lipinski definition) is 3. The van der Waals surface area contributed by atoms with E-state index in [9.17, 15) is 24.6 Å². The van der Waals surface area contributed by atoms with Gasteiger partial charge in [0.1, 0.15) is 28.9 Å². The van der Waals surface area contributed by atoms with Gasteiger partial charge in [-0.2, -0.15) is 0 Å². The lowest BCUT2D eigenvalue weighted by Gasteiger charge is -2.18. The van der Waals surface area contributed by atoms with Crippen LogP contribution in [0.5, 0.6) is 17.4 Å². The summed E-state index contributed by atoms with van der Waals surface area (Å²) in [6.45, 7) is 3.72. The van der Waals surface area contributed by atoms with Crippen LogP contribution in [0, 0.1) is 0 Å². The van der Waals surface area contributed by atoms with Crippen molar-refractivity contribution in [3.63, 3.8) is 0 Å². The van der Waals surface area contributed by atoms with Gasteiger partial charge in [-0.05, 0) is 73.8 Å². The number of thioether (sulfide) groups is 1. The number of benzene rings is 2. The average molecular weight is 655 g/mol. The van der Waals surface area contributed by atoms with Crippen LogP contribution < -0.4 is 14.9 Å². The van der Waals surface area contributed by atoms with Crippen LogP contribution in [-0.4, -0.2) is 39.1 Å². The summed E-state index contributed by atoms with van der Waals surface area (Å²) in [4.78, 5) is 35.7. The Morgan fingerprint density at radius 1 is 1.09 bits per heavy atom. The number of allylic oxidation sites excluding steroid dienone is 2. The molecular formula is C33H31ClO10S. The van der Waals surface area contributed by atoms with Crippen molar-refractivity contribution >= 4 is 46.3 Å². The summed E-state index contributed by atoms with van der Waals surface area (Å²) in [5.41, 5.74) is 0.534.